The second-order valence-electron chi connectivity index (χ2n) is 9.85. The quantitative estimate of drug-likeness (QED) is 0.234. The van der Waals surface area contributed by atoms with E-state index in [1.807, 2.05) is 24.7 Å². The summed E-state index contributed by atoms with van der Waals surface area (Å²) < 4.78 is 0. The molecule has 6 aromatic carbocycles. The highest BCUT2D eigenvalue weighted by Crippen LogP contribution is 2.42. The van der Waals surface area contributed by atoms with Gasteiger partial charge in [0.25, 0.3) is 0 Å². The predicted octanol–water partition coefficient (Wildman–Crippen LogP) is 9.53. The molecule has 0 radical (unpaired) electrons. The fourth-order valence-corrected chi connectivity index (χ4v) is 5.97. The molecule has 0 aliphatic heterocycles. The van der Waals surface area contributed by atoms with E-state index in [-0.39, 0.29) is 0 Å². The van der Waals surface area contributed by atoms with E-state index in [4.69, 9.17) is 0 Å². The molecule has 8 rings (SSSR count). The molecule has 0 fully saturated rings. The largest absolute Gasteiger partial charge is 0.263 e. The smallest absolute Gasteiger partial charge is 0.0708 e. The number of nitrogens with zero attached hydrogens (tertiary/aromatic N) is 2. The van der Waals surface area contributed by atoms with Crippen LogP contribution in [0.5, 0.6) is 0 Å². The van der Waals surface area contributed by atoms with Crippen molar-refractivity contribution in [2.75, 3.05) is 0 Å². The van der Waals surface area contributed by atoms with Crippen molar-refractivity contribution in [3.63, 3.8) is 0 Å². The second-order valence-corrected chi connectivity index (χ2v) is 9.85. The van der Waals surface area contributed by atoms with E-state index in [0.717, 1.165) is 16.6 Å². The molecule has 38 heavy (non-hydrogen) atoms. The van der Waals surface area contributed by atoms with Gasteiger partial charge in [-0.25, -0.2) is 0 Å². The lowest BCUT2D eigenvalue weighted by Gasteiger charge is -2.16. The molecule has 0 bridgehead atoms. The lowest BCUT2D eigenvalue weighted by atomic mass is 9.87. The highest BCUT2D eigenvalue weighted by atomic mass is 14.7. The summed E-state index contributed by atoms with van der Waals surface area (Å²) in [6, 6.07) is 41.4. The third-order valence-corrected chi connectivity index (χ3v) is 7.78. The number of pyridine rings is 2. The van der Waals surface area contributed by atoms with E-state index in [0.29, 0.717) is 0 Å². The van der Waals surface area contributed by atoms with E-state index in [1.165, 1.54) is 60.0 Å². The molecule has 0 aliphatic carbocycles. The molecule has 0 N–H and O–H groups in total. The van der Waals surface area contributed by atoms with Gasteiger partial charge in [0.2, 0.25) is 0 Å². The van der Waals surface area contributed by atoms with Gasteiger partial charge in [-0.05, 0) is 66.5 Å². The van der Waals surface area contributed by atoms with E-state index in [2.05, 4.69) is 119 Å². The molecule has 2 heteroatoms. The Morgan fingerprint density at radius 3 is 1.76 bits per heavy atom. The van der Waals surface area contributed by atoms with Crippen LogP contribution in [0.25, 0.3) is 76.6 Å². The first kappa shape index (κ1) is 21.0. The van der Waals surface area contributed by atoms with E-state index < -0.39 is 0 Å². The van der Waals surface area contributed by atoms with Crippen molar-refractivity contribution < 1.29 is 0 Å². The fourth-order valence-electron chi connectivity index (χ4n) is 5.97. The van der Waals surface area contributed by atoms with Crippen molar-refractivity contribution in [3.05, 3.63) is 134 Å². The molecule has 176 valence electrons. The molecule has 0 atom stereocenters. The van der Waals surface area contributed by atoms with E-state index in [1.54, 1.807) is 0 Å². The zero-order valence-electron chi connectivity index (χ0n) is 20.6. The third kappa shape index (κ3) is 3.14. The number of aromatic nitrogens is 2. The maximum atomic E-state index is 4.64. The van der Waals surface area contributed by atoms with Gasteiger partial charge in [-0.15, -0.1) is 0 Å². The van der Waals surface area contributed by atoms with Crippen molar-refractivity contribution in [1.82, 2.24) is 9.97 Å². The monoisotopic (exact) mass is 482 g/mol. The third-order valence-electron chi connectivity index (χ3n) is 7.78. The summed E-state index contributed by atoms with van der Waals surface area (Å²) in [5.74, 6) is 0. The first-order chi connectivity index (χ1) is 18.8. The number of hydrogen-bond donors (Lipinski definition) is 0. The van der Waals surface area contributed by atoms with Crippen LogP contribution in [-0.2, 0) is 0 Å². The minimum atomic E-state index is 1.00. The summed E-state index contributed by atoms with van der Waals surface area (Å²) in [5, 5.41) is 10.1. The summed E-state index contributed by atoms with van der Waals surface area (Å²) in [6.07, 6.45) is 5.76. The number of fused-ring (bicyclic) bond motifs is 1. The summed E-state index contributed by atoms with van der Waals surface area (Å²) >= 11 is 0. The predicted molar refractivity (Wildman–Crippen MR) is 160 cm³/mol. The van der Waals surface area contributed by atoms with Gasteiger partial charge in [0.15, 0.2) is 0 Å². The molecule has 0 spiro atoms. The zero-order valence-corrected chi connectivity index (χ0v) is 20.6. The first-order valence-electron chi connectivity index (χ1n) is 12.9. The van der Waals surface area contributed by atoms with Crippen LogP contribution >= 0.6 is 0 Å². The standard InChI is InChI=1S/C36H22N2/c1-2-6-28-27(5-1)21-37-22-33(28)24-10-8-23(9-11-24)29-16-12-25-15-19-32-30(34-7-3-4-20-38-34)17-13-26-14-18-31(29)35(25)36(26)32/h1-22H. The zero-order chi connectivity index (χ0) is 25.1. The maximum absolute atomic E-state index is 4.64. The van der Waals surface area contributed by atoms with Crippen molar-refractivity contribution in [2.45, 2.75) is 0 Å². The van der Waals surface area contributed by atoms with Crippen LogP contribution in [0.15, 0.2) is 134 Å². The fraction of sp³-hybridized carbons (Fsp3) is 0. The van der Waals surface area contributed by atoms with Crippen molar-refractivity contribution in [2.24, 2.45) is 0 Å². The minimum Gasteiger partial charge on any atom is -0.263 e. The Balaban J connectivity index is 1.31. The number of hydrogen-bond acceptors (Lipinski definition) is 2. The molecular weight excluding hydrogens is 460 g/mol. The van der Waals surface area contributed by atoms with Gasteiger partial charge >= 0.3 is 0 Å². The van der Waals surface area contributed by atoms with Gasteiger partial charge in [-0.1, -0.05) is 103 Å². The highest BCUT2D eigenvalue weighted by molar-refractivity contribution is 6.27. The molecular formula is C36H22N2. The SMILES string of the molecule is c1ccc(-c2ccc3ccc4c(-c5ccc(-c6cncc7ccccc67)cc5)ccc5ccc2c3c54)nc1. The van der Waals surface area contributed by atoms with Crippen LogP contribution < -0.4 is 0 Å². The Morgan fingerprint density at radius 2 is 1.03 bits per heavy atom. The molecule has 0 saturated heterocycles. The first-order valence-corrected chi connectivity index (χ1v) is 12.9. The Kier molecular flexibility index (Phi) is 4.55. The normalized spacial score (nSPS) is 11.7. The molecule has 2 nitrogen and oxygen atoms in total. The highest BCUT2D eigenvalue weighted by Gasteiger charge is 2.15. The number of benzene rings is 6. The van der Waals surface area contributed by atoms with Crippen molar-refractivity contribution in [1.29, 1.82) is 0 Å². The molecule has 2 aromatic heterocycles. The average Bonchev–Trinajstić information content (AvgIpc) is 3.00. The average molecular weight is 483 g/mol. The molecule has 8 aromatic rings. The Morgan fingerprint density at radius 1 is 0.395 bits per heavy atom. The van der Waals surface area contributed by atoms with Crippen LogP contribution in [0.2, 0.25) is 0 Å². The van der Waals surface area contributed by atoms with Crippen LogP contribution in [0.1, 0.15) is 0 Å². The molecule has 0 unspecified atom stereocenters. The van der Waals surface area contributed by atoms with Gasteiger partial charge < -0.3 is 0 Å². The Hall–Kier alpha value is -5.08. The topological polar surface area (TPSA) is 25.8 Å². The van der Waals surface area contributed by atoms with E-state index in [9.17, 15) is 0 Å². The van der Waals surface area contributed by atoms with Crippen LogP contribution in [0, 0.1) is 0 Å². The Bertz CT molecular complexity index is 2100. The maximum Gasteiger partial charge on any atom is 0.0708 e. The van der Waals surface area contributed by atoms with Gasteiger partial charge in [-0.3, -0.25) is 9.97 Å². The van der Waals surface area contributed by atoms with Gasteiger partial charge in [0, 0.05) is 35.1 Å². The Labute approximate surface area is 220 Å². The molecule has 0 amide bonds. The van der Waals surface area contributed by atoms with Crippen molar-refractivity contribution >= 4 is 43.1 Å². The van der Waals surface area contributed by atoms with Crippen LogP contribution in [-0.4, -0.2) is 9.97 Å². The van der Waals surface area contributed by atoms with Crippen LogP contribution in [0.3, 0.4) is 0 Å². The lowest BCUT2D eigenvalue weighted by Crippen LogP contribution is -1.90. The summed E-state index contributed by atoms with van der Waals surface area (Å²) in [4.78, 5) is 9.13. The lowest BCUT2D eigenvalue weighted by molar-refractivity contribution is 1.33. The van der Waals surface area contributed by atoms with E-state index >= 15 is 0 Å². The number of rotatable bonds is 3. The summed E-state index contributed by atoms with van der Waals surface area (Å²) in [7, 11) is 0. The van der Waals surface area contributed by atoms with Crippen LogP contribution in [0.4, 0.5) is 0 Å². The molecule has 2 heterocycles. The second kappa shape index (κ2) is 8.22. The van der Waals surface area contributed by atoms with Crippen molar-refractivity contribution in [3.8, 4) is 33.5 Å². The molecule has 0 aliphatic rings. The minimum absolute atomic E-state index is 1.00. The summed E-state index contributed by atoms with van der Waals surface area (Å²) in [5.41, 5.74) is 6.97. The van der Waals surface area contributed by atoms with Gasteiger partial charge in [0.05, 0.1) is 5.69 Å². The van der Waals surface area contributed by atoms with Gasteiger partial charge in [0.1, 0.15) is 0 Å². The van der Waals surface area contributed by atoms with Gasteiger partial charge in [-0.2, -0.15) is 0 Å². The molecule has 0 saturated carbocycles. The summed E-state index contributed by atoms with van der Waals surface area (Å²) in [6.45, 7) is 0.